The lowest BCUT2D eigenvalue weighted by molar-refractivity contribution is -0.132. The van der Waals surface area contributed by atoms with Gasteiger partial charge in [0.1, 0.15) is 16.7 Å². The lowest BCUT2D eigenvalue weighted by atomic mass is 10.1. The molecule has 21 heavy (non-hydrogen) atoms. The van der Waals surface area contributed by atoms with E-state index in [1.165, 1.54) is 17.8 Å². The summed E-state index contributed by atoms with van der Waals surface area (Å²) in [6.07, 6.45) is 3.39. The molecule has 0 spiro atoms. The second-order valence-corrected chi connectivity index (χ2v) is 6.47. The highest BCUT2D eigenvalue weighted by Gasteiger charge is 2.23. The van der Waals surface area contributed by atoms with Gasteiger partial charge in [-0.15, -0.1) is 11.3 Å². The smallest absolute Gasteiger partial charge is 0.244 e. The van der Waals surface area contributed by atoms with Gasteiger partial charge in [0.05, 0.1) is 5.39 Å². The van der Waals surface area contributed by atoms with Gasteiger partial charge >= 0.3 is 0 Å². The highest BCUT2D eigenvalue weighted by Crippen LogP contribution is 2.27. The molecular formula is C14H17ClN4OS. The van der Waals surface area contributed by atoms with Crippen LogP contribution in [0.4, 0.5) is 5.82 Å². The normalized spacial score (nSPS) is 17.0. The Morgan fingerprint density at radius 2 is 2.14 bits per heavy atom. The van der Waals surface area contributed by atoms with Gasteiger partial charge in [-0.25, -0.2) is 9.97 Å². The van der Waals surface area contributed by atoms with E-state index in [0.29, 0.717) is 5.82 Å². The summed E-state index contributed by atoms with van der Waals surface area (Å²) in [6, 6.07) is 1.62. The van der Waals surface area contributed by atoms with E-state index in [0.717, 1.165) is 36.1 Å². The van der Waals surface area contributed by atoms with Crippen LogP contribution in [0.3, 0.4) is 0 Å². The van der Waals surface area contributed by atoms with Crippen molar-refractivity contribution in [3.63, 3.8) is 0 Å². The molecule has 112 valence electrons. The minimum atomic E-state index is -0.322. The maximum Gasteiger partial charge on any atom is 0.244 e. The first-order valence-electron chi connectivity index (χ1n) is 7.11. The fourth-order valence-corrected chi connectivity index (χ4v) is 3.58. The Morgan fingerprint density at radius 3 is 2.90 bits per heavy atom. The number of carbonyl (C=O) groups is 1. The SMILES string of the molecule is CC(Nc1nc(Cl)nc2sccc12)C(=O)N1CCCCC1. The zero-order chi connectivity index (χ0) is 14.8. The molecule has 3 rings (SSSR count). The van der Waals surface area contributed by atoms with Crippen molar-refractivity contribution < 1.29 is 4.79 Å². The molecule has 1 amide bonds. The molecule has 1 saturated heterocycles. The van der Waals surface area contributed by atoms with Gasteiger partial charge < -0.3 is 10.2 Å². The second kappa shape index (κ2) is 6.15. The number of amides is 1. The summed E-state index contributed by atoms with van der Waals surface area (Å²) >= 11 is 7.45. The summed E-state index contributed by atoms with van der Waals surface area (Å²) in [4.78, 5) is 23.6. The van der Waals surface area contributed by atoms with Gasteiger partial charge in [-0.2, -0.15) is 0 Å². The van der Waals surface area contributed by atoms with Crippen molar-refractivity contribution in [3.05, 3.63) is 16.7 Å². The first-order chi connectivity index (χ1) is 10.1. The lowest BCUT2D eigenvalue weighted by Crippen LogP contribution is -2.44. The maximum absolute atomic E-state index is 12.5. The zero-order valence-corrected chi connectivity index (χ0v) is 13.4. The van der Waals surface area contributed by atoms with Gasteiger partial charge in [0, 0.05) is 13.1 Å². The number of hydrogen-bond donors (Lipinski definition) is 1. The summed E-state index contributed by atoms with van der Waals surface area (Å²) in [7, 11) is 0. The molecule has 0 aliphatic carbocycles. The van der Waals surface area contributed by atoms with Crippen LogP contribution in [0, 0.1) is 0 Å². The maximum atomic E-state index is 12.5. The number of nitrogens with zero attached hydrogens (tertiary/aromatic N) is 3. The Balaban J connectivity index is 1.77. The summed E-state index contributed by atoms with van der Waals surface area (Å²) in [6.45, 7) is 3.57. The number of fused-ring (bicyclic) bond motifs is 1. The molecule has 0 aromatic carbocycles. The molecule has 3 heterocycles. The van der Waals surface area contributed by atoms with Gasteiger partial charge in [0.15, 0.2) is 0 Å². The second-order valence-electron chi connectivity index (χ2n) is 5.23. The summed E-state index contributed by atoms with van der Waals surface area (Å²) in [5.74, 6) is 0.747. The fraction of sp³-hybridized carbons (Fsp3) is 0.500. The number of thiophene rings is 1. The number of anilines is 1. The van der Waals surface area contributed by atoms with Crippen LogP contribution in [0.5, 0.6) is 0 Å². The van der Waals surface area contributed by atoms with E-state index in [9.17, 15) is 4.79 Å². The quantitative estimate of drug-likeness (QED) is 0.881. The van der Waals surface area contributed by atoms with E-state index in [2.05, 4.69) is 15.3 Å². The lowest BCUT2D eigenvalue weighted by Gasteiger charge is -2.29. The van der Waals surface area contributed by atoms with Crippen molar-refractivity contribution in [2.45, 2.75) is 32.2 Å². The number of nitrogens with one attached hydrogen (secondary N) is 1. The number of aromatic nitrogens is 2. The van der Waals surface area contributed by atoms with Crippen LogP contribution in [0.25, 0.3) is 10.2 Å². The van der Waals surface area contributed by atoms with Crippen LogP contribution < -0.4 is 5.32 Å². The van der Waals surface area contributed by atoms with Crippen molar-refractivity contribution in [2.75, 3.05) is 18.4 Å². The average Bonchev–Trinajstić information content (AvgIpc) is 2.95. The van der Waals surface area contributed by atoms with Crippen molar-refractivity contribution >= 4 is 44.9 Å². The van der Waals surface area contributed by atoms with Crippen molar-refractivity contribution in [1.82, 2.24) is 14.9 Å². The Hall–Kier alpha value is -1.40. The van der Waals surface area contributed by atoms with E-state index in [1.807, 2.05) is 23.3 Å². The van der Waals surface area contributed by atoms with Crippen molar-refractivity contribution in [2.24, 2.45) is 0 Å². The molecule has 1 aliphatic rings. The fourth-order valence-electron chi connectivity index (χ4n) is 2.59. The number of halogens is 1. The molecule has 0 radical (unpaired) electrons. The predicted molar refractivity (Wildman–Crippen MR) is 85.9 cm³/mol. The number of carbonyl (C=O) groups excluding carboxylic acids is 1. The van der Waals surface area contributed by atoms with Gasteiger partial charge in [0.2, 0.25) is 11.2 Å². The number of likely N-dealkylation sites (tertiary alicyclic amines) is 1. The van der Waals surface area contributed by atoms with Crippen molar-refractivity contribution in [1.29, 1.82) is 0 Å². The number of rotatable bonds is 3. The van der Waals surface area contributed by atoms with E-state index in [4.69, 9.17) is 11.6 Å². The summed E-state index contributed by atoms with van der Waals surface area (Å²) in [5.41, 5.74) is 0. The Labute approximate surface area is 132 Å². The minimum Gasteiger partial charge on any atom is -0.358 e. The third-order valence-corrected chi connectivity index (χ3v) is 4.66. The molecule has 1 N–H and O–H groups in total. The summed E-state index contributed by atoms with van der Waals surface area (Å²) < 4.78 is 0. The molecule has 1 aliphatic heterocycles. The highest BCUT2D eigenvalue weighted by molar-refractivity contribution is 7.16. The third-order valence-electron chi connectivity index (χ3n) is 3.69. The van der Waals surface area contributed by atoms with Crippen molar-refractivity contribution in [3.8, 4) is 0 Å². The molecule has 1 unspecified atom stereocenters. The number of hydrogen-bond acceptors (Lipinski definition) is 5. The van der Waals surface area contributed by atoms with Gasteiger partial charge in [-0.1, -0.05) is 0 Å². The Kier molecular flexibility index (Phi) is 4.26. The molecular weight excluding hydrogens is 308 g/mol. The monoisotopic (exact) mass is 324 g/mol. The van der Waals surface area contributed by atoms with E-state index in [1.54, 1.807) is 0 Å². The Bertz CT molecular complexity index is 653. The van der Waals surface area contributed by atoms with Crippen LogP contribution in [-0.4, -0.2) is 39.9 Å². The van der Waals surface area contributed by atoms with E-state index in [-0.39, 0.29) is 17.2 Å². The molecule has 0 bridgehead atoms. The molecule has 2 aromatic heterocycles. The largest absolute Gasteiger partial charge is 0.358 e. The molecule has 7 heteroatoms. The zero-order valence-electron chi connectivity index (χ0n) is 11.8. The van der Waals surface area contributed by atoms with Crippen LogP contribution in [0.15, 0.2) is 11.4 Å². The van der Waals surface area contributed by atoms with Gasteiger partial charge in [-0.3, -0.25) is 4.79 Å². The Morgan fingerprint density at radius 1 is 1.38 bits per heavy atom. The standard InChI is InChI=1S/C14H17ClN4OS/c1-9(13(20)19-6-3-2-4-7-19)16-11-10-5-8-21-12(10)18-14(15)17-11/h5,8-9H,2-4,6-7H2,1H3,(H,16,17,18). The highest BCUT2D eigenvalue weighted by atomic mass is 35.5. The van der Waals surface area contributed by atoms with E-state index < -0.39 is 0 Å². The van der Waals surface area contributed by atoms with Gasteiger partial charge in [0.25, 0.3) is 0 Å². The van der Waals surface area contributed by atoms with Gasteiger partial charge in [-0.05, 0) is 49.2 Å². The van der Waals surface area contributed by atoms with Crippen LogP contribution in [0.2, 0.25) is 5.28 Å². The minimum absolute atomic E-state index is 0.118. The first kappa shape index (κ1) is 14.5. The van der Waals surface area contributed by atoms with E-state index >= 15 is 0 Å². The molecule has 5 nitrogen and oxygen atoms in total. The molecule has 0 saturated carbocycles. The topological polar surface area (TPSA) is 58.1 Å². The van der Waals surface area contributed by atoms with Crippen LogP contribution >= 0.6 is 22.9 Å². The predicted octanol–water partition coefficient (Wildman–Crippen LogP) is 3.16. The van der Waals surface area contributed by atoms with Crippen LogP contribution in [0.1, 0.15) is 26.2 Å². The molecule has 1 atom stereocenters. The molecule has 2 aromatic rings. The molecule has 1 fully saturated rings. The summed E-state index contributed by atoms with van der Waals surface area (Å²) in [5, 5.41) is 6.24. The van der Waals surface area contributed by atoms with Crippen LogP contribution in [-0.2, 0) is 4.79 Å². The first-order valence-corrected chi connectivity index (χ1v) is 8.37. The third kappa shape index (κ3) is 3.11. The number of piperidine rings is 1. The average molecular weight is 325 g/mol.